The number of rotatable bonds is 9. The van der Waals surface area contributed by atoms with Crippen LogP contribution in [0.1, 0.15) is 29.9 Å². The van der Waals surface area contributed by atoms with Crippen molar-refractivity contribution in [2.45, 2.75) is 18.8 Å². The molecule has 4 aromatic rings. The Hall–Kier alpha value is -4.24. The van der Waals surface area contributed by atoms with Gasteiger partial charge in [0.05, 0.1) is 30.8 Å². The average molecular weight is 530 g/mol. The van der Waals surface area contributed by atoms with E-state index < -0.39 is 17.6 Å². The second-order valence-electron chi connectivity index (χ2n) is 9.91. The largest absolute Gasteiger partial charge is 0.493 e. The highest BCUT2D eigenvalue weighted by Gasteiger charge is 2.22. The van der Waals surface area contributed by atoms with E-state index in [1.165, 1.54) is 12.4 Å². The summed E-state index contributed by atoms with van der Waals surface area (Å²) in [4.78, 5) is 23.5. The van der Waals surface area contributed by atoms with Crippen LogP contribution in [0.4, 0.5) is 15.9 Å². The Morgan fingerprint density at radius 2 is 1.85 bits per heavy atom. The van der Waals surface area contributed by atoms with Gasteiger partial charge >= 0.3 is 0 Å². The van der Waals surface area contributed by atoms with Crippen molar-refractivity contribution in [3.8, 4) is 11.5 Å². The molecule has 1 unspecified atom stereocenters. The molecule has 8 nitrogen and oxygen atoms in total. The van der Waals surface area contributed by atoms with E-state index in [0.29, 0.717) is 46.3 Å². The fourth-order valence-corrected chi connectivity index (χ4v) is 4.98. The first kappa shape index (κ1) is 26.4. The zero-order chi connectivity index (χ0) is 27.4. The normalized spacial score (nSPS) is 15.2. The zero-order valence-corrected chi connectivity index (χ0v) is 22.1. The van der Waals surface area contributed by atoms with E-state index in [1.54, 1.807) is 25.3 Å². The number of carbonyl (C=O) groups excluding carboxylic acids is 1. The van der Waals surface area contributed by atoms with E-state index in [4.69, 9.17) is 15.2 Å². The fourth-order valence-electron chi connectivity index (χ4n) is 4.98. The minimum Gasteiger partial charge on any atom is -0.493 e. The maximum absolute atomic E-state index is 15.0. The molecule has 0 spiro atoms. The molecule has 0 bridgehead atoms. The molecule has 39 heavy (non-hydrogen) atoms. The van der Waals surface area contributed by atoms with Gasteiger partial charge in [-0.3, -0.25) is 4.79 Å². The maximum Gasteiger partial charge on any atom is 0.229 e. The van der Waals surface area contributed by atoms with E-state index in [9.17, 15) is 9.18 Å². The molecule has 0 radical (unpaired) electrons. The highest BCUT2D eigenvalue weighted by Crippen LogP contribution is 2.36. The van der Waals surface area contributed by atoms with Crippen molar-refractivity contribution in [1.82, 2.24) is 14.9 Å². The van der Waals surface area contributed by atoms with Crippen LogP contribution in [0.15, 0.2) is 67.0 Å². The lowest BCUT2D eigenvalue weighted by Crippen LogP contribution is -2.32. The van der Waals surface area contributed by atoms with Gasteiger partial charge in [-0.05, 0) is 68.2 Å². The Bertz CT molecular complexity index is 1460. The SMILES string of the molecule is COc1cc2c(Nc3cc(C(C(N)=O)c4ccccc4)ccc3F)ncnc2cc1OCC1CCN(C)CC1. The molecule has 3 aromatic carbocycles. The second kappa shape index (κ2) is 11.7. The van der Waals surface area contributed by atoms with E-state index in [-0.39, 0.29) is 5.69 Å². The minimum atomic E-state index is -0.723. The first-order valence-corrected chi connectivity index (χ1v) is 13.0. The minimum absolute atomic E-state index is 0.163. The molecule has 0 saturated carbocycles. The predicted octanol–water partition coefficient (Wildman–Crippen LogP) is 4.86. The van der Waals surface area contributed by atoms with E-state index in [0.717, 1.165) is 31.5 Å². The van der Waals surface area contributed by atoms with Gasteiger partial charge in [0.25, 0.3) is 0 Å². The van der Waals surface area contributed by atoms with E-state index in [2.05, 4.69) is 27.2 Å². The number of amides is 1. The van der Waals surface area contributed by atoms with Gasteiger partial charge in [0.1, 0.15) is 18.0 Å². The molecule has 1 aliphatic rings. The number of piperidine rings is 1. The third kappa shape index (κ3) is 5.93. The summed E-state index contributed by atoms with van der Waals surface area (Å²) in [6, 6.07) is 17.3. The Kier molecular flexibility index (Phi) is 7.88. The molecule has 1 atom stereocenters. The Balaban J connectivity index is 1.43. The van der Waals surface area contributed by atoms with Gasteiger partial charge in [-0.2, -0.15) is 0 Å². The molecule has 2 heterocycles. The molecule has 5 rings (SSSR count). The van der Waals surface area contributed by atoms with Crippen molar-refractivity contribution >= 4 is 28.3 Å². The maximum atomic E-state index is 15.0. The van der Waals surface area contributed by atoms with Crippen molar-refractivity contribution in [1.29, 1.82) is 0 Å². The number of carbonyl (C=O) groups is 1. The fraction of sp³-hybridized carbons (Fsp3) is 0.300. The molecule has 0 aliphatic carbocycles. The number of halogens is 1. The third-order valence-corrected chi connectivity index (χ3v) is 7.23. The number of nitrogens with zero attached hydrogens (tertiary/aromatic N) is 3. The number of likely N-dealkylation sites (tertiary alicyclic amines) is 1. The second-order valence-corrected chi connectivity index (χ2v) is 9.91. The van der Waals surface area contributed by atoms with Crippen LogP contribution >= 0.6 is 0 Å². The summed E-state index contributed by atoms with van der Waals surface area (Å²) < 4.78 is 26.8. The summed E-state index contributed by atoms with van der Waals surface area (Å²) in [7, 11) is 3.72. The summed E-state index contributed by atoms with van der Waals surface area (Å²) in [5.41, 5.74) is 7.83. The van der Waals surface area contributed by atoms with Gasteiger partial charge in [-0.1, -0.05) is 36.4 Å². The summed E-state index contributed by atoms with van der Waals surface area (Å²) >= 11 is 0. The van der Waals surface area contributed by atoms with Crippen LogP contribution in [0.5, 0.6) is 11.5 Å². The number of primary amides is 1. The van der Waals surface area contributed by atoms with Crippen LogP contribution in [-0.2, 0) is 4.79 Å². The monoisotopic (exact) mass is 529 g/mol. The van der Waals surface area contributed by atoms with E-state index >= 15 is 0 Å². The lowest BCUT2D eigenvalue weighted by Gasteiger charge is -2.28. The molecule has 1 fully saturated rings. The Morgan fingerprint density at radius 1 is 1.08 bits per heavy atom. The number of nitrogens with two attached hydrogens (primary N) is 1. The van der Waals surface area contributed by atoms with Gasteiger partial charge in [0.2, 0.25) is 5.91 Å². The lowest BCUT2D eigenvalue weighted by atomic mass is 9.90. The van der Waals surface area contributed by atoms with Gasteiger partial charge < -0.3 is 25.4 Å². The van der Waals surface area contributed by atoms with Crippen molar-refractivity contribution in [2.24, 2.45) is 11.7 Å². The van der Waals surface area contributed by atoms with E-state index in [1.807, 2.05) is 36.4 Å². The lowest BCUT2D eigenvalue weighted by molar-refractivity contribution is -0.118. The summed E-state index contributed by atoms with van der Waals surface area (Å²) in [6.07, 6.45) is 3.60. The summed E-state index contributed by atoms with van der Waals surface area (Å²) in [6.45, 7) is 2.73. The molecular weight excluding hydrogens is 497 g/mol. The van der Waals surface area contributed by atoms with Gasteiger partial charge in [0.15, 0.2) is 11.5 Å². The number of anilines is 2. The van der Waals surface area contributed by atoms with Crippen LogP contribution in [0.25, 0.3) is 10.9 Å². The number of nitrogens with one attached hydrogen (secondary N) is 1. The number of hydrogen-bond donors (Lipinski definition) is 2. The average Bonchev–Trinajstić information content (AvgIpc) is 2.94. The summed E-state index contributed by atoms with van der Waals surface area (Å²) in [5, 5.41) is 3.72. The van der Waals surface area contributed by atoms with Crippen molar-refractivity contribution in [2.75, 3.05) is 39.2 Å². The molecular formula is C30H32FN5O3. The quantitative estimate of drug-likeness (QED) is 0.319. The first-order chi connectivity index (χ1) is 18.9. The van der Waals surface area contributed by atoms with Crippen molar-refractivity contribution in [3.05, 3.63) is 83.9 Å². The molecule has 1 saturated heterocycles. The number of hydrogen-bond acceptors (Lipinski definition) is 7. The van der Waals surface area contributed by atoms with Crippen LogP contribution in [-0.4, -0.2) is 54.6 Å². The Labute approximate surface area is 227 Å². The van der Waals surface area contributed by atoms with Crippen LogP contribution < -0.4 is 20.5 Å². The van der Waals surface area contributed by atoms with Gasteiger partial charge in [0, 0.05) is 11.5 Å². The third-order valence-electron chi connectivity index (χ3n) is 7.23. The topological polar surface area (TPSA) is 103 Å². The number of fused-ring (bicyclic) bond motifs is 1. The highest BCUT2D eigenvalue weighted by atomic mass is 19.1. The molecule has 1 aliphatic heterocycles. The van der Waals surface area contributed by atoms with Crippen LogP contribution in [0.3, 0.4) is 0 Å². The smallest absolute Gasteiger partial charge is 0.229 e. The molecule has 1 aromatic heterocycles. The molecule has 1 amide bonds. The van der Waals surface area contributed by atoms with Gasteiger partial charge in [-0.25, -0.2) is 14.4 Å². The molecule has 202 valence electrons. The summed E-state index contributed by atoms with van der Waals surface area (Å²) in [5.74, 6) is 0.287. The van der Waals surface area contributed by atoms with Crippen LogP contribution in [0.2, 0.25) is 0 Å². The number of ether oxygens (including phenoxy) is 2. The number of methoxy groups -OCH3 is 1. The highest BCUT2D eigenvalue weighted by molar-refractivity contribution is 5.93. The molecule has 3 N–H and O–H groups in total. The number of aromatic nitrogens is 2. The van der Waals surface area contributed by atoms with Crippen molar-refractivity contribution in [3.63, 3.8) is 0 Å². The first-order valence-electron chi connectivity index (χ1n) is 13.0. The zero-order valence-electron chi connectivity index (χ0n) is 22.1. The molecule has 9 heteroatoms. The predicted molar refractivity (Wildman–Crippen MR) is 149 cm³/mol. The van der Waals surface area contributed by atoms with Crippen molar-refractivity contribution < 1.29 is 18.7 Å². The Morgan fingerprint density at radius 3 is 2.56 bits per heavy atom. The van der Waals surface area contributed by atoms with Gasteiger partial charge in [-0.15, -0.1) is 0 Å². The number of benzene rings is 3. The standard InChI is InChI=1S/C30H32FN5O3/c1-36-12-10-19(11-13-36)17-39-27-16-24-22(15-26(27)38-2)30(34-18-33-24)35-25-14-21(8-9-23(25)31)28(29(32)37)20-6-4-3-5-7-20/h3-9,14-16,18-19,28H,10-13,17H2,1-2H3,(H2,32,37)(H,33,34,35). The van der Waals surface area contributed by atoms with Crippen LogP contribution in [0, 0.1) is 11.7 Å².